The van der Waals surface area contributed by atoms with E-state index in [0.29, 0.717) is 24.0 Å². The largest absolute Gasteiger partial charge is 0.491 e. The maximum atomic E-state index is 6.02. The van der Waals surface area contributed by atoms with Gasteiger partial charge in [0.15, 0.2) is 11.6 Å². The van der Waals surface area contributed by atoms with E-state index in [2.05, 4.69) is 22.4 Å². The van der Waals surface area contributed by atoms with Crippen LogP contribution in [0, 0.1) is 11.8 Å². The fourth-order valence-corrected chi connectivity index (χ4v) is 2.64. The molecular formula is C15H21N5O. The predicted octanol–water partition coefficient (Wildman–Crippen LogP) is 2.37. The van der Waals surface area contributed by atoms with Gasteiger partial charge >= 0.3 is 0 Å². The summed E-state index contributed by atoms with van der Waals surface area (Å²) in [6.45, 7) is 5.58. The third-order valence-electron chi connectivity index (χ3n) is 3.99. The Balaban J connectivity index is 1.93. The smallest absolute Gasteiger partial charge is 0.185 e. The monoisotopic (exact) mass is 287 g/mol. The second-order valence-electron chi connectivity index (χ2n) is 5.66. The lowest BCUT2D eigenvalue weighted by Gasteiger charge is -2.14. The lowest BCUT2D eigenvalue weighted by atomic mass is 10.1. The second-order valence-corrected chi connectivity index (χ2v) is 5.66. The first kappa shape index (κ1) is 13.9. The molecule has 0 bridgehead atoms. The Morgan fingerprint density at radius 2 is 2.24 bits per heavy atom. The zero-order valence-corrected chi connectivity index (χ0v) is 12.5. The maximum absolute atomic E-state index is 6.02. The highest BCUT2D eigenvalue weighted by atomic mass is 16.5. The van der Waals surface area contributed by atoms with Gasteiger partial charge in [-0.05, 0) is 54.2 Å². The number of para-hydroxylation sites is 1. The average Bonchev–Trinajstić information content (AvgIpc) is 3.23. The van der Waals surface area contributed by atoms with Crippen LogP contribution < -0.4 is 10.5 Å². The summed E-state index contributed by atoms with van der Waals surface area (Å²) in [7, 11) is 0. The molecule has 1 heterocycles. The molecule has 1 aromatic carbocycles. The van der Waals surface area contributed by atoms with Crippen molar-refractivity contribution in [3.63, 3.8) is 0 Å². The molecule has 0 radical (unpaired) electrons. The Kier molecular flexibility index (Phi) is 3.77. The summed E-state index contributed by atoms with van der Waals surface area (Å²) < 4.78 is 7.54. The Morgan fingerprint density at radius 3 is 2.95 bits per heavy atom. The van der Waals surface area contributed by atoms with Crippen LogP contribution in [0.3, 0.4) is 0 Å². The second kappa shape index (κ2) is 5.71. The van der Waals surface area contributed by atoms with Gasteiger partial charge < -0.3 is 10.5 Å². The van der Waals surface area contributed by atoms with E-state index >= 15 is 0 Å². The van der Waals surface area contributed by atoms with E-state index in [4.69, 9.17) is 10.5 Å². The molecule has 1 atom stereocenters. The number of nitrogens with zero attached hydrogens (tertiary/aromatic N) is 4. The third-order valence-corrected chi connectivity index (χ3v) is 3.99. The molecule has 0 amide bonds. The highest BCUT2D eigenvalue weighted by Gasteiger charge is 2.29. The van der Waals surface area contributed by atoms with Crippen LogP contribution in [0.2, 0.25) is 0 Å². The Hall–Kier alpha value is -2.11. The van der Waals surface area contributed by atoms with Crippen molar-refractivity contribution >= 4 is 5.69 Å². The van der Waals surface area contributed by atoms with Crippen molar-refractivity contribution in [1.29, 1.82) is 0 Å². The molecular weight excluding hydrogens is 266 g/mol. The van der Waals surface area contributed by atoms with Gasteiger partial charge in [0.2, 0.25) is 0 Å². The molecule has 1 aliphatic rings. The lowest BCUT2D eigenvalue weighted by Crippen LogP contribution is -2.12. The third kappa shape index (κ3) is 2.84. The van der Waals surface area contributed by atoms with Crippen molar-refractivity contribution in [2.75, 3.05) is 12.3 Å². The molecule has 6 nitrogen and oxygen atoms in total. The number of ether oxygens (including phenoxy) is 1. The van der Waals surface area contributed by atoms with Gasteiger partial charge in [-0.3, -0.25) is 0 Å². The molecule has 3 rings (SSSR count). The van der Waals surface area contributed by atoms with Crippen molar-refractivity contribution in [2.24, 2.45) is 11.8 Å². The number of benzene rings is 1. The van der Waals surface area contributed by atoms with E-state index in [-0.39, 0.29) is 0 Å². The van der Waals surface area contributed by atoms with Gasteiger partial charge in [0.05, 0.1) is 17.9 Å². The first-order valence-electron chi connectivity index (χ1n) is 7.48. The number of anilines is 1. The number of nitrogen functional groups attached to an aromatic ring is 1. The molecule has 0 spiro atoms. The van der Waals surface area contributed by atoms with Gasteiger partial charge in [-0.25, -0.2) is 4.68 Å². The summed E-state index contributed by atoms with van der Waals surface area (Å²) in [5, 5.41) is 12.1. The van der Waals surface area contributed by atoms with E-state index in [9.17, 15) is 0 Å². The summed E-state index contributed by atoms with van der Waals surface area (Å²) >= 11 is 0. The minimum atomic E-state index is 0.557. The summed E-state index contributed by atoms with van der Waals surface area (Å²) in [4.78, 5) is 0. The molecule has 2 aromatic rings. The first-order chi connectivity index (χ1) is 10.2. The highest BCUT2D eigenvalue weighted by molar-refractivity contribution is 5.73. The van der Waals surface area contributed by atoms with Crippen LogP contribution in [0.25, 0.3) is 11.4 Å². The molecule has 0 saturated heterocycles. The SMILES string of the molecule is CCOc1c(N)cccc1-c1nnnn1CC(C)C1CC1. The average molecular weight is 287 g/mol. The Labute approximate surface area is 124 Å². The standard InChI is InChI=1S/C15H21N5O/c1-3-21-14-12(5-4-6-13(14)16)15-17-18-19-20(15)9-10(2)11-7-8-11/h4-6,10-11H,3,7-9,16H2,1-2H3. The summed E-state index contributed by atoms with van der Waals surface area (Å²) in [6, 6.07) is 5.68. The molecule has 112 valence electrons. The van der Waals surface area contributed by atoms with Crippen LogP contribution in [0.1, 0.15) is 26.7 Å². The summed E-state index contributed by atoms with van der Waals surface area (Å²) in [6.07, 6.45) is 2.64. The summed E-state index contributed by atoms with van der Waals surface area (Å²) in [5.74, 6) is 2.78. The fraction of sp³-hybridized carbons (Fsp3) is 0.533. The van der Waals surface area contributed by atoms with Crippen LogP contribution in [-0.4, -0.2) is 26.8 Å². The number of rotatable bonds is 6. The number of hydrogen-bond acceptors (Lipinski definition) is 5. The molecule has 0 aliphatic heterocycles. The first-order valence-corrected chi connectivity index (χ1v) is 7.48. The Bertz CT molecular complexity index is 620. The van der Waals surface area contributed by atoms with Crippen molar-refractivity contribution in [3.05, 3.63) is 18.2 Å². The number of tetrazole rings is 1. The molecule has 1 unspecified atom stereocenters. The van der Waals surface area contributed by atoms with E-state index in [0.717, 1.165) is 23.9 Å². The molecule has 21 heavy (non-hydrogen) atoms. The topological polar surface area (TPSA) is 78.8 Å². The van der Waals surface area contributed by atoms with Gasteiger partial charge in [0, 0.05) is 6.54 Å². The molecule has 1 aromatic heterocycles. The van der Waals surface area contributed by atoms with Crippen LogP contribution in [0.4, 0.5) is 5.69 Å². The van der Waals surface area contributed by atoms with E-state index in [1.54, 1.807) is 0 Å². The number of hydrogen-bond donors (Lipinski definition) is 1. The van der Waals surface area contributed by atoms with Crippen LogP contribution >= 0.6 is 0 Å². The van der Waals surface area contributed by atoms with Crippen LogP contribution in [0.15, 0.2) is 18.2 Å². The van der Waals surface area contributed by atoms with E-state index in [1.165, 1.54) is 12.8 Å². The minimum Gasteiger partial charge on any atom is -0.491 e. The zero-order chi connectivity index (χ0) is 14.8. The van der Waals surface area contributed by atoms with Gasteiger partial charge in [-0.15, -0.1) is 5.10 Å². The minimum absolute atomic E-state index is 0.557. The lowest BCUT2D eigenvalue weighted by molar-refractivity contribution is 0.342. The predicted molar refractivity (Wildman–Crippen MR) is 80.7 cm³/mol. The van der Waals surface area contributed by atoms with Crippen molar-refractivity contribution in [2.45, 2.75) is 33.2 Å². The van der Waals surface area contributed by atoms with Crippen molar-refractivity contribution < 1.29 is 4.74 Å². The molecule has 6 heteroatoms. The van der Waals surface area contributed by atoms with Crippen LogP contribution in [0.5, 0.6) is 5.75 Å². The normalized spacial score (nSPS) is 15.9. The Morgan fingerprint density at radius 1 is 1.43 bits per heavy atom. The van der Waals surface area contributed by atoms with Crippen molar-refractivity contribution in [3.8, 4) is 17.1 Å². The van der Waals surface area contributed by atoms with Gasteiger partial charge in [-0.2, -0.15) is 0 Å². The van der Waals surface area contributed by atoms with Gasteiger partial charge in [-0.1, -0.05) is 13.0 Å². The molecule has 1 saturated carbocycles. The zero-order valence-electron chi connectivity index (χ0n) is 12.5. The highest BCUT2D eigenvalue weighted by Crippen LogP contribution is 2.38. The van der Waals surface area contributed by atoms with E-state index in [1.807, 2.05) is 29.8 Å². The van der Waals surface area contributed by atoms with E-state index < -0.39 is 0 Å². The molecule has 1 fully saturated rings. The fourth-order valence-electron chi connectivity index (χ4n) is 2.64. The number of nitrogens with two attached hydrogens (primary N) is 1. The molecule has 1 aliphatic carbocycles. The quantitative estimate of drug-likeness (QED) is 0.825. The van der Waals surface area contributed by atoms with Crippen molar-refractivity contribution in [1.82, 2.24) is 20.2 Å². The molecule has 2 N–H and O–H groups in total. The van der Waals surface area contributed by atoms with Gasteiger partial charge in [0.1, 0.15) is 0 Å². The number of aromatic nitrogens is 4. The van der Waals surface area contributed by atoms with Gasteiger partial charge in [0.25, 0.3) is 0 Å². The maximum Gasteiger partial charge on any atom is 0.185 e. The summed E-state index contributed by atoms with van der Waals surface area (Å²) in [5.41, 5.74) is 7.48. The van der Waals surface area contributed by atoms with Crippen LogP contribution in [-0.2, 0) is 6.54 Å².